The molecule has 0 bridgehead atoms. The van der Waals surface area contributed by atoms with Gasteiger partial charge in [0.05, 0.1) is 0 Å². The molecular formula is C18H30N2. The highest BCUT2D eigenvalue weighted by Crippen LogP contribution is 2.25. The Morgan fingerprint density at radius 3 is 2.35 bits per heavy atom. The minimum Gasteiger partial charge on any atom is -0.312 e. The summed E-state index contributed by atoms with van der Waals surface area (Å²) in [6, 6.07) is 7.34. The van der Waals surface area contributed by atoms with Gasteiger partial charge in [0.25, 0.3) is 0 Å². The number of hydrogen-bond acceptors (Lipinski definition) is 2. The molecule has 2 heteroatoms. The summed E-state index contributed by atoms with van der Waals surface area (Å²) in [7, 11) is 2.08. The van der Waals surface area contributed by atoms with E-state index in [0.29, 0.717) is 6.04 Å². The molecule has 1 saturated heterocycles. The fraction of sp³-hybridized carbons (Fsp3) is 0.667. The Morgan fingerprint density at radius 2 is 1.80 bits per heavy atom. The van der Waals surface area contributed by atoms with Gasteiger partial charge in [0, 0.05) is 19.1 Å². The molecule has 1 heterocycles. The Bertz CT molecular complexity index is 421. The Hall–Kier alpha value is -0.860. The van der Waals surface area contributed by atoms with Gasteiger partial charge >= 0.3 is 0 Å². The van der Waals surface area contributed by atoms with Gasteiger partial charge in [-0.2, -0.15) is 0 Å². The van der Waals surface area contributed by atoms with Crippen LogP contribution in [0.1, 0.15) is 43.0 Å². The summed E-state index contributed by atoms with van der Waals surface area (Å²) in [4.78, 5) is 2.63. The number of likely N-dealkylation sites (tertiary alicyclic amines) is 1. The third-order valence-corrected chi connectivity index (χ3v) is 4.85. The van der Waals surface area contributed by atoms with Crippen LogP contribution in [0.5, 0.6) is 0 Å². The SMILES string of the molecule is CNC(CN1CCC(C)C(C)C1)c1cc(C)cc(C)c1. The summed E-state index contributed by atoms with van der Waals surface area (Å²) in [6.45, 7) is 12.8. The maximum absolute atomic E-state index is 3.50. The van der Waals surface area contributed by atoms with Crippen LogP contribution in [0.15, 0.2) is 18.2 Å². The molecular weight excluding hydrogens is 244 g/mol. The smallest absolute Gasteiger partial charge is 0.0447 e. The lowest BCUT2D eigenvalue weighted by molar-refractivity contribution is 0.128. The van der Waals surface area contributed by atoms with E-state index in [1.807, 2.05) is 0 Å². The molecule has 20 heavy (non-hydrogen) atoms. The van der Waals surface area contributed by atoms with E-state index in [1.165, 1.54) is 36.2 Å². The maximum atomic E-state index is 3.50. The number of hydrogen-bond donors (Lipinski definition) is 1. The van der Waals surface area contributed by atoms with Crippen molar-refractivity contribution in [2.75, 3.05) is 26.7 Å². The largest absolute Gasteiger partial charge is 0.312 e. The van der Waals surface area contributed by atoms with Gasteiger partial charge < -0.3 is 10.2 Å². The van der Waals surface area contributed by atoms with Gasteiger partial charge in [-0.3, -0.25) is 0 Å². The number of rotatable bonds is 4. The van der Waals surface area contributed by atoms with Crippen molar-refractivity contribution in [3.63, 3.8) is 0 Å². The molecule has 1 fully saturated rings. The first-order valence-electron chi connectivity index (χ1n) is 7.97. The molecule has 3 atom stereocenters. The lowest BCUT2D eigenvalue weighted by atomic mass is 9.88. The molecule has 0 saturated carbocycles. The fourth-order valence-electron chi connectivity index (χ4n) is 3.35. The molecule has 1 N–H and O–H groups in total. The van der Waals surface area contributed by atoms with Gasteiger partial charge in [0.15, 0.2) is 0 Å². The summed E-state index contributed by atoms with van der Waals surface area (Å²) in [6.07, 6.45) is 1.34. The van der Waals surface area contributed by atoms with Crippen molar-refractivity contribution < 1.29 is 0 Å². The second-order valence-electron chi connectivity index (χ2n) is 6.77. The van der Waals surface area contributed by atoms with Crippen LogP contribution in [0.3, 0.4) is 0 Å². The Kier molecular flexibility index (Phi) is 5.22. The summed E-state index contributed by atoms with van der Waals surface area (Å²) in [5, 5.41) is 3.50. The Morgan fingerprint density at radius 1 is 1.15 bits per heavy atom. The van der Waals surface area contributed by atoms with Gasteiger partial charge in [-0.1, -0.05) is 43.2 Å². The maximum Gasteiger partial charge on any atom is 0.0447 e. The van der Waals surface area contributed by atoms with Crippen LogP contribution in [-0.2, 0) is 0 Å². The lowest BCUT2D eigenvalue weighted by Crippen LogP contribution is -2.42. The number of likely N-dealkylation sites (N-methyl/N-ethyl adjacent to an activating group) is 1. The van der Waals surface area contributed by atoms with E-state index >= 15 is 0 Å². The molecule has 112 valence electrons. The van der Waals surface area contributed by atoms with Crippen molar-refractivity contribution in [3.8, 4) is 0 Å². The number of nitrogens with one attached hydrogen (secondary N) is 1. The number of benzene rings is 1. The lowest BCUT2D eigenvalue weighted by Gasteiger charge is -2.37. The summed E-state index contributed by atoms with van der Waals surface area (Å²) >= 11 is 0. The standard InChI is InChI=1S/C18H30N2/c1-13-8-14(2)10-17(9-13)18(19-5)12-20-7-6-15(3)16(4)11-20/h8-10,15-16,18-19H,6-7,11-12H2,1-5H3. The average Bonchev–Trinajstić information content (AvgIpc) is 2.38. The van der Waals surface area contributed by atoms with E-state index in [9.17, 15) is 0 Å². The number of aryl methyl sites for hydroxylation is 2. The topological polar surface area (TPSA) is 15.3 Å². The predicted molar refractivity (Wildman–Crippen MR) is 87.1 cm³/mol. The van der Waals surface area contributed by atoms with Crippen LogP contribution in [0.4, 0.5) is 0 Å². The molecule has 2 rings (SSSR count). The van der Waals surface area contributed by atoms with Crippen molar-refractivity contribution in [3.05, 3.63) is 34.9 Å². The highest BCUT2D eigenvalue weighted by atomic mass is 15.2. The molecule has 2 nitrogen and oxygen atoms in total. The summed E-state index contributed by atoms with van der Waals surface area (Å²) in [5.41, 5.74) is 4.15. The van der Waals surface area contributed by atoms with E-state index in [-0.39, 0.29) is 0 Å². The summed E-state index contributed by atoms with van der Waals surface area (Å²) < 4.78 is 0. The van der Waals surface area contributed by atoms with Crippen LogP contribution in [0, 0.1) is 25.7 Å². The van der Waals surface area contributed by atoms with E-state index in [2.05, 4.69) is 63.2 Å². The van der Waals surface area contributed by atoms with E-state index in [4.69, 9.17) is 0 Å². The van der Waals surface area contributed by atoms with Crippen molar-refractivity contribution in [2.24, 2.45) is 11.8 Å². The molecule has 0 radical (unpaired) electrons. The van der Waals surface area contributed by atoms with Crippen molar-refractivity contribution >= 4 is 0 Å². The van der Waals surface area contributed by atoms with Gasteiger partial charge in [0.1, 0.15) is 0 Å². The molecule has 3 unspecified atom stereocenters. The first kappa shape index (κ1) is 15.5. The van der Waals surface area contributed by atoms with Crippen molar-refractivity contribution in [1.82, 2.24) is 10.2 Å². The first-order valence-corrected chi connectivity index (χ1v) is 7.97. The predicted octanol–water partition coefficient (Wildman–Crippen LogP) is 3.54. The van der Waals surface area contributed by atoms with Crippen LogP contribution in [-0.4, -0.2) is 31.6 Å². The first-order chi connectivity index (χ1) is 9.49. The van der Waals surface area contributed by atoms with Gasteiger partial charge in [-0.05, 0) is 51.3 Å². The van der Waals surface area contributed by atoms with Gasteiger partial charge in [-0.15, -0.1) is 0 Å². The minimum absolute atomic E-state index is 0.439. The van der Waals surface area contributed by atoms with Crippen LogP contribution >= 0.6 is 0 Å². The molecule has 0 aliphatic carbocycles. The molecule has 1 aromatic carbocycles. The van der Waals surface area contributed by atoms with E-state index in [0.717, 1.165) is 18.4 Å². The number of nitrogens with zero attached hydrogens (tertiary/aromatic N) is 1. The number of piperidine rings is 1. The van der Waals surface area contributed by atoms with Crippen LogP contribution < -0.4 is 5.32 Å². The molecule has 0 amide bonds. The molecule has 1 aliphatic rings. The van der Waals surface area contributed by atoms with Crippen LogP contribution in [0.25, 0.3) is 0 Å². The second kappa shape index (κ2) is 6.73. The van der Waals surface area contributed by atoms with Crippen LogP contribution in [0.2, 0.25) is 0 Å². The third kappa shape index (κ3) is 3.83. The second-order valence-corrected chi connectivity index (χ2v) is 6.77. The zero-order valence-corrected chi connectivity index (χ0v) is 13.7. The molecule has 0 spiro atoms. The zero-order valence-electron chi connectivity index (χ0n) is 13.7. The summed E-state index contributed by atoms with van der Waals surface area (Å²) in [5.74, 6) is 1.70. The monoisotopic (exact) mass is 274 g/mol. The molecule has 1 aromatic rings. The third-order valence-electron chi connectivity index (χ3n) is 4.85. The molecule has 1 aliphatic heterocycles. The van der Waals surface area contributed by atoms with Crippen molar-refractivity contribution in [2.45, 2.75) is 40.2 Å². The fourth-order valence-corrected chi connectivity index (χ4v) is 3.35. The Balaban J connectivity index is 2.05. The highest BCUT2D eigenvalue weighted by molar-refractivity contribution is 5.30. The zero-order chi connectivity index (χ0) is 14.7. The Labute approximate surface area is 124 Å². The molecule has 0 aromatic heterocycles. The van der Waals surface area contributed by atoms with Crippen molar-refractivity contribution in [1.29, 1.82) is 0 Å². The highest BCUT2D eigenvalue weighted by Gasteiger charge is 2.24. The quantitative estimate of drug-likeness (QED) is 0.903. The normalized spacial score (nSPS) is 25.6. The minimum atomic E-state index is 0.439. The van der Waals surface area contributed by atoms with E-state index in [1.54, 1.807) is 0 Å². The van der Waals surface area contributed by atoms with Gasteiger partial charge in [0.2, 0.25) is 0 Å². The van der Waals surface area contributed by atoms with Gasteiger partial charge in [-0.25, -0.2) is 0 Å². The average molecular weight is 274 g/mol. The van der Waals surface area contributed by atoms with E-state index < -0.39 is 0 Å².